The number of aliphatic hydroxyl groups is 1. The maximum absolute atomic E-state index is 9.24. The van der Waals surface area contributed by atoms with Crippen LogP contribution in [-0.4, -0.2) is 30.8 Å². The van der Waals surface area contributed by atoms with Crippen LogP contribution in [0.15, 0.2) is 22.7 Å². The fraction of sp³-hybridized carbons (Fsp3) is 0.600. The fourth-order valence-corrected chi connectivity index (χ4v) is 2.61. The summed E-state index contributed by atoms with van der Waals surface area (Å²) < 4.78 is 1.09. The summed E-state index contributed by atoms with van der Waals surface area (Å²) in [4.78, 5) is 2.27. The SMILES string of the molecule is CCCN(CCO)c1cc(Br)ccc1CNC1CC1. The normalized spacial score (nSPS) is 14.7. The Bertz CT molecular complexity index is 401. The van der Waals surface area contributed by atoms with E-state index in [1.54, 1.807) is 0 Å². The maximum Gasteiger partial charge on any atom is 0.0606 e. The minimum atomic E-state index is 0.196. The van der Waals surface area contributed by atoms with Crippen molar-refractivity contribution in [3.8, 4) is 0 Å². The van der Waals surface area contributed by atoms with Crippen molar-refractivity contribution >= 4 is 21.6 Å². The first kappa shape index (κ1) is 14.8. The molecule has 2 N–H and O–H groups in total. The van der Waals surface area contributed by atoms with Crippen LogP contribution >= 0.6 is 15.9 Å². The molecule has 4 heteroatoms. The van der Waals surface area contributed by atoms with Gasteiger partial charge in [-0.2, -0.15) is 0 Å². The summed E-state index contributed by atoms with van der Waals surface area (Å²) in [5.41, 5.74) is 2.55. The van der Waals surface area contributed by atoms with Gasteiger partial charge < -0.3 is 15.3 Å². The van der Waals surface area contributed by atoms with Crippen LogP contribution in [-0.2, 0) is 6.54 Å². The first-order valence-corrected chi connectivity index (χ1v) is 7.91. The van der Waals surface area contributed by atoms with E-state index in [2.05, 4.69) is 51.3 Å². The first-order valence-electron chi connectivity index (χ1n) is 7.12. The predicted molar refractivity (Wildman–Crippen MR) is 83.6 cm³/mol. The van der Waals surface area contributed by atoms with Crippen molar-refractivity contribution in [1.29, 1.82) is 0 Å². The molecule has 0 amide bonds. The van der Waals surface area contributed by atoms with Crippen LogP contribution in [0.3, 0.4) is 0 Å². The van der Waals surface area contributed by atoms with Gasteiger partial charge in [0.05, 0.1) is 6.61 Å². The number of rotatable bonds is 8. The minimum Gasteiger partial charge on any atom is -0.395 e. The second-order valence-electron chi connectivity index (χ2n) is 5.14. The van der Waals surface area contributed by atoms with Gasteiger partial charge in [-0.1, -0.05) is 28.9 Å². The van der Waals surface area contributed by atoms with Gasteiger partial charge in [0.15, 0.2) is 0 Å². The molecule has 2 rings (SSSR count). The van der Waals surface area contributed by atoms with Crippen molar-refractivity contribution in [2.24, 2.45) is 0 Å². The topological polar surface area (TPSA) is 35.5 Å². The summed E-state index contributed by atoms with van der Waals surface area (Å²) in [5.74, 6) is 0. The molecule has 1 aliphatic carbocycles. The van der Waals surface area contributed by atoms with Crippen LogP contribution < -0.4 is 10.2 Å². The molecule has 0 heterocycles. The molecule has 0 aromatic heterocycles. The van der Waals surface area contributed by atoms with E-state index in [0.29, 0.717) is 12.6 Å². The highest BCUT2D eigenvalue weighted by molar-refractivity contribution is 9.10. The summed E-state index contributed by atoms with van der Waals surface area (Å²) in [5, 5.41) is 12.8. The monoisotopic (exact) mass is 326 g/mol. The zero-order valence-electron chi connectivity index (χ0n) is 11.5. The molecule has 1 fully saturated rings. The number of benzene rings is 1. The summed E-state index contributed by atoms with van der Waals surface area (Å²) >= 11 is 3.55. The van der Waals surface area contributed by atoms with E-state index in [4.69, 9.17) is 0 Å². The Morgan fingerprint density at radius 1 is 1.37 bits per heavy atom. The molecule has 0 atom stereocenters. The van der Waals surface area contributed by atoms with Gasteiger partial charge in [0.2, 0.25) is 0 Å². The third-order valence-electron chi connectivity index (χ3n) is 3.41. The zero-order valence-corrected chi connectivity index (χ0v) is 13.1. The molecule has 1 aromatic rings. The number of nitrogens with zero attached hydrogens (tertiary/aromatic N) is 1. The smallest absolute Gasteiger partial charge is 0.0606 e. The Balaban J connectivity index is 2.14. The van der Waals surface area contributed by atoms with E-state index >= 15 is 0 Å². The van der Waals surface area contributed by atoms with Gasteiger partial charge in [-0.3, -0.25) is 0 Å². The molecule has 0 aliphatic heterocycles. The minimum absolute atomic E-state index is 0.196. The molecular weight excluding hydrogens is 304 g/mol. The van der Waals surface area contributed by atoms with Gasteiger partial charge in [0, 0.05) is 35.8 Å². The van der Waals surface area contributed by atoms with E-state index in [1.165, 1.54) is 24.1 Å². The second-order valence-corrected chi connectivity index (χ2v) is 6.05. The molecule has 3 nitrogen and oxygen atoms in total. The zero-order chi connectivity index (χ0) is 13.7. The molecule has 0 spiro atoms. The van der Waals surface area contributed by atoms with E-state index in [9.17, 15) is 5.11 Å². The Morgan fingerprint density at radius 3 is 2.79 bits per heavy atom. The number of anilines is 1. The lowest BCUT2D eigenvalue weighted by molar-refractivity contribution is 0.301. The molecule has 0 unspecified atom stereocenters. The van der Waals surface area contributed by atoms with Crippen molar-refractivity contribution in [3.63, 3.8) is 0 Å². The van der Waals surface area contributed by atoms with E-state index in [0.717, 1.165) is 24.0 Å². The predicted octanol–water partition coefficient (Wildman–Crippen LogP) is 2.91. The van der Waals surface area contributed by atoms with Crippen molar-refractivity contribution in [2.45, 2.75) is 38.8 Å². The molecule has 19 heavy (non-hydrogen) atoms. The summed E-state index contributed by atoms with van der Waals surface area (Å²) in [6.45, 7) is 4.96. The van der Waals surface area contributed by atoms with Crippen molar-refractivity contribution in [1.82, 2.24) is 5.32 Å². The van der Waals surface area contributed by atoms with Gasteiger partial charge in [0.1, 0.15) is 0 Å². The lowest BCUT2D eigenvalue weighted by Crippen LogP contribution is -2.29. The van der Waals surface area contributed by atoms with Crippen molar-refractivity contribution < 1.29 is 5.11 Å². The fourth-order valence-electron chi connectivity index (χ4n) is 2.27. The van der Waals surface area contributed by atoms with E-state index in [1.807, 2.05) is 0 Å². The number of halogens is 1. The number of aliphatic hydroxyl groups excluding tert-OH is 1. The lowest BCUT2D eigenvalue weighted by Gasteiger charge is -2.26. The van der Waals surface area contributed by atoms with Gasteiger partial charge in [-0.05, 0) is 37.0 Å². The molecule has 106 valence electrons. The number of nitrogens with one attached hydrogen (secondary N) is 1. The Hall–Kier alpha value is -0.580. The molecule has 1 aromatic carbocycles. The number of hydrogen-bond donors (Lipinski definition) is 2. The third kappa shape index (κ3) is 4.48. The Kier molecular flexibility index (Phi) is 5.67. The van der Waals surface area contributed by atoms with Crippen molar-refractivity contribution in [3.05, 3.63) is 28.2 Å². The average Bonchev–Trinajstić information content (AvgIpc) is 3.21. The molecule has 0 radical (unpaired) electrons. The van der Waals surface area contributed by atoms with Gasteiger partial charge in [0.25, 0.3) is 0 Å². The van der Waals surface area contributed by atoms with Crippen LogP contribution in [0.5, 0.6) is 0 Å². The van der Waals surface area contributed by atoms with Gasteiger partial charge >= 0.3 is 0 Å². The number of hydrogen-bond acceptors (Lipinski definition) is 3. The summed E-state index contributed by atoms with van der Waals surface area (Å²) in [6.07, 6.45) is 3.70. The maximum atomic E-state index is 9.24. The largest absolute Gasteiger partial charge is 0.395 e. The molecule has 0 saturated heterocycles. The lowest BCUT2D eigenvalue weighted by atomic mass is 10.1. The highest BCUT2D eigenvalue weighted by Crippen LogP contribution is 2.27. The Morgan fingerprint density at radius 2 is 2.16 bits per heavy atom. The summed E-state index contributed by atoms with van der Waals surface area (Å²) in [7, 11) is 0. The van der Waals surface area contributed by atoms with Gasteiger partial charge in [-0.25, -0.2) is 0 Å². The van der Waals surface area contributed by atoms with Crippen LogP contribution in [0.25, 0.3) is 0 Å². The van der Waals surface area contributed by atoms with Gasteiger partial charge in [-0.15, -0.1) is 0 Å². The van der Waals surface area contributed by atoms with Crippen LogP contribution in [0, 0.1) is 0 Å². The van der Waals surface area contributed by atoms with Crippen LogP contribution in [0.4, 0.5) is 5.69 Å². The average molecular weight is 327 g/mol. The Labute approximate surface area is 124 Å². The van der Waals surface area contributed by atoms with Crippen molar-refractivity contribution in [2.75, 3.05) is 24.6 Å². The van der Waals surface area contributed by atoms with E-state index < -0.39 is 0 Å². The molecule has 0 bridgehead atoms. The highest BCUT2D eigenvalue weighted by Gasteiger charge is 2.21. The first-order chi connectivity index (χ1) is 9.24. The molecule has 1 aliphatic rings. The van der Waals surface area contributed by atoms with E-state index in [-0.39, 0.29) is 6.61 Å². The quantitative estimate of drug-likeness (QED) is 0.771. The standard InChI is InChI=1S/C15H23BrN2O/c1-2-7-18(8-9-19)15-10-13(16)4-3-12(15)11-17-14-5-6-14/h3-4,10,14,17,19H,2,5-9,11H2,1H3. The molecule has 1 saturated carbocycles. The van der Waals surface area contributed by atoms with Crippen LogP contribution in [0.2, 0.25) is 0 Å². The third-order valence-corrected chi connectivity index (χ3v) is 3.90. The van der Waals surface area contributed by atoms with Crippen LogP contribution in [0.1, 0.15) is 31.7 Å². The second kappa shape index (κ2) is 7.27. The summed E-state index contributed by atoms with van der Waals surface area (Å²) in [6, 6.07) is 7.15. The molecular formula is C15H23BrN2O. The highest BCUT2D eigenvalue weighted by atomic mass is 79.9.